The Morgan fingerprint density at radius 3 is 2.92 bits per heavy atom. The van der Waals surface area contributed by atoms with Gasteiger partial charge >= 0.3 is 5.97 Å². The number of nitrogens with one attached hydrogen (secondary N) is 1. The predicted octanol–water partition coefficient (Wildman–Crippen LogP) is 4.62. The molecule has 3 heterocycles. The number of pyridine rings is 1. The summed E-state index contributed by atoms with van der Waals surface area (Å²) in [7, 11) is 1.38. The van der Waals surface area contributed by atoms with Gasteiger partial charge in [-0.3, -0.25) is 9.48 Å². The molecule has 0 saturated heterocycles. The zero-order valence-electron chi connectivity index (χ0n) is 19.9. The van der Waals surface area contributed by atoms with Crippen molar-refractivity contribution in [3.63, 3.8) is 0 Å². The van der Waals surface area contributed by atoms with E-state index in [2.05, 4.69) is 16.5 Å². The average molecular weight is 491 g/mol. The van der Waals surface area contributed by atoms with Crippen LogP contribution < -0.4 is 14.8 Å². The van der Waals surface area contributed by atoms with Crippen molar-refractivity contribution < 1.29 is 23.8 Å². The van der Waals surface area contributed by atoms with Crippen molar-refractivity contribution >= 4 is 22.7 Å². The fourth-order valence-electron chi connectivity index (χ4n) is 4.55. The summed E-state index contributed by atoms with van der Waals surface area (Å²) in [6.45, 7) is 1.42. The lowest BCUT2D eigenvalue weighted by Gasteiger charge is -2.18. The van der Waals surface area contributed by atoms with Gasteiger partial charge in [0.05, 0.1) is 37.9 Å². The van der Waals surface area contributed by atoms with E-state index in [0.29, 0.717) is 24.3 Å². The Bertz CT molecular complexity index is 1400. The molecule has 2 aromatic heterocycles. The molecule has 0 radical (unpaired) electrons. The monoisotopic (exact) mass is 490 g/mol. The number of aryl methyl sites for hydroxylation is 1. The molecule has 1 unspecified atom stereocenters. The van der Waals surface area contributed by atoms with Crippen molar-refractivity contribution in [3.05, 3.63) is 77.4 Å². The van der Waals surface area contributed by atoms with Crippen LogP contribution in [0.1, 0.15) is 35.7 Å². The number of ether oxygens (including phenoxy) is 2. The first kappa shape index (κ1) is 23.6. The number of aliphatic carboxylic acids is 1. The molecular formula is C27H27FN4O4. The molecule has 0 amide bonds. The lowest BCUT2D eigenvalue weighted by atomic mass is 10.0. The number of rotatable bonds is 9. The highest BCUT2D eigenvalue weighted by Crippen LogP contribution is 2.30. The van der Waals surface area contributed by atoms with Gasteiger partial charge in [0.2, 0.25) is 0 Å². The van der Waals surface area contributed by atoms with Crippen molar-refractivity contribution in [2.75, 3.05) is 25.6 Å². The molecule has 5 rings (SSSR count). The molecule has 36 heavy (non-hydrogen) atoms. The van der Waals surface area contributed by atoms with Crippen molar-refractivity contribution in [3.8, 4) is 11.5 Å². The molecule has 4 aromatic rings. The molecule has 0 spiro atoms. The highest BCUT2D eigenvalue weighted by atomic mass is 19.1. The Morgan fingerprint density at radius 2 is 2.11 bits per heavy atom. The maximum absolute atomic E-state index is 14.4. The smallest absolute Gasteiger partial charge is 0.305 e. The summed E-state index contributed by atoms with van der Waals surface area (Å²) in [5, 5.41) is 18.1. The lowest BCUT2D eigenvalue weighted by Crippen LogP contribution is -2.16. The molecule has 1 aliphatic rings. The molecule has 186 valence electrons. The molecule has 0 bridgehead atoms. The Kier molecular flexibility index (Phi) is 6.71. The second-order valence-electron chi connectivity index (χ2n) is 8.76. The van der Waals surface area contributed by atoms with E-state index >= 15 is 0 Å². The maximum atomic E-state index is 14.4. The average Bonchev–Trinajstić information content (AvgIpc) is 3.30. The Labute approximate surface area is 207 Å². The van der Waals surface area contributed by atoms with E-state index in [9.17, 15) is 14.3 Å². The lowest BCUT2D eigenvalue weighted by molar-refractivity contribution is -0.137. The van der Waals surface area contributed by atoms with Crippen LogP contribution in [-0.2, 0) is 17.6 Å². The number of fused-ring (bicyclic) bond motifs is 2. The van der Waals surface area contributed by atoms with E-state index in [0.717, 1.165) is 41.8 Å². The minimum atomic E-state index is -1.01. The van der Waals surface area contributed by atoms with Gasteiger partial charge in [0.15, 0.2) is 11.6 Å². The van der Waals surface area contributed by atoms with Crippen LogP contribution in [0.5, 0.6) is 11.5 Å². The van der Waals surface area contributed by atoms with Crippen LogP contribution in [0.25, 0.3) is 10.9 Å². The topological polar surface area (TPSA) is 98.5 Å². The summed E-state index contributed by atoms with van der Waals surface area (Å²) in [6.07, 6.45) is 4.28. The van der Waals surface area contributed by atoms with Crippen molar-refractivity contribution in [2.24, 2.45) is 0 Å². The standard InChI is InChI=1S/C27H27FN4O4/c1-35-25-9-5-18(14-22(25)28)24(15-26(33)34)32-23-8-7-21(13-19(23)16-30-32)36-12-10-20-6-4-17-3-2-11-29-27(17)31-20/h4-9,13-14,16,24H,2-3,10-12,15H2,1H3,(H,29,31)(H,33,34). The first-order chi connectivity index (χ1) is 17.5. The normalized spacial score (nSPS) is 13.6. The zero-order chi connectivity index (χ0) is 25.1. The third-order valence-electron chi connectivity index (χ3n) is 6.37. The number of hydrogen-bond acceptors (Lipinski definition) is 6. The van der Waals surface area contributed by atoms with Gasteiger partial charge < -0.3 is 19.9 Å². The fraction of sp³-hybridized carbons (Fsp3) is 0.296. The van der Waals surface area contributed by atoms with E-state index in [1.807, 2.05) is 24.3 Å². The summed E-state index contributed by atoms with van der Waals surface area (Å²) in [5.41, 5.74) is 3.45. The molecule has 0 fully saturated rings. The number of methoxy groups -OCH3 is 1. The Morgan fingerprint density at radius 1 is 1.22 bits per heavy atom. The van der Waals surface area contributed by atoms with Gasteiger partial charge in [0.25, 0.3) is 0 Å². The largest absolute Gasteiger partial charge is 0.494 e. The minimum absolute atomic E-state index is 0.0989. The SMILES string of the molecule is COc1ccc(C(CC(=O)O)n2ncc3cc(OCCc4ccc5c(n4)NCCC5)ccc32)cc1F. The van der Waals surface area contributed by atoms with Crippen LogP contribution >= 0.6 is 0 Å². The van der Waals surface area contributed by atoms with E-state index in [1.54, 1.807) is 16.9 Å². The van der Waals surface area contributed by atoms with Gasteiger partial charge in [0.1, 0.15) is 11.6 Å². The van der Waals surface area contributed by atoms with E-state index in [-0.39, 0.29) is 12.2 Å². The van der Waals surface area contributed by atoms with Gasteiger partial charge in [-0.2, -0.15) is 5.10 Å². The molecule has 2 N–H and O–H groups in total. The highest BCUT2D eigenvalue weighted by molar-refractivity contribution is 5.81. The second-order valence-corrected chi connectivity index (χ2v) is 8.76. The van der Waals surface area contributed by atoms with E-state index in [4.69, 9.17) is 14.5 Å². The first-order valence-corrected chi connectivity index (χ1v) is 11.9. The number of nitrogens with zero attached hydrogens (tertiary/aromatic N) is 3. The Hall–Kier alpha value is -4.14. The molecule has 9 heteroatoms. The zero-order valence-corrected chi connectivity index (χ0v) is 19.9. The summed E-state index contributed by atoms with van der Waals surface area (Å²) in [5.74, 6) is 0.193. The third kappa shape index (κ3) is 4.95. The summed E-state index contributed by atoms with van der Waals surface area (Å²) >= 11 is 0. The number of hydrogen-bond donors (Lipinski definition) is 2. The third-order valence-corrected chi connectivity index (χ3v) is 6.37. The number of carboxylic acids is 1. The number of benzene rings is 2. The Balaban J connectivity index is 1.32. The van der Waals surface area contributed by atoms with Crippen molar-refractivity contribution in [2.45, 2.75) is 31.7 Å². The molecule has 8 nitrogen and oxygen atoms in total. The van der Waals surface area contributed by atoms with Crippen molar-refractivity contribution in [1.82, 2.24) is 14.8 Å². The van der Waals surface area contributed by atoms with Crippen LogP contribution in [0.4, 0.5) is 10.2 Å². The molecule has 0 saturated carbocycles. The van der Waals surface area contributed by atoms with Gasteiger partial charge in [-0.1, -0.05) is 12.1 Å². The fourth-order valence-corrected chi connectivity index (χ4v) is 4.55. The predicted molar refractivity (Wildman–Crippen MR) is 133 cm³/mol. The van der Waals surface area contributed by atoms with Crippen LogP contribution in [0.15, 0.2) is 54.7 Å². The summed E-state index contributed by atoms with van der Waals surface area (Å²) in [4.78, 5) is 16.3. The summed E-state index contributed by atoms with van der Waals surface area (Å²) < 4.78 is 26.9. The number of aromatic nitrogens is 3. The molecule has 2 aromatic carbocycles. The van der Waals surface area contributed by atoms with Gasteiger partial charge in [-0.05, 0) is 60.4 Å². The molecule has 1 aliphatic heterocycles. The van der Waals surface area contributed by atoms with Crippen molar-refractivity contribution in [1.29, 1.82) is 0 Å². The van der Waals surface area contributed by atoms with Gasteiger partial charge in [-0.25, -0.2) is 9.37 Å². The van der Waals surface area contributed by atoms with Gasteiger partial charge in [0, 0.05) is 24.0 Å². The van der Waals surface area contributed by atoms with E-state index in [1.165, 1.54) is 24.8 Å². The quantitative estimate of drug-likeness (QED) is 0.353. The highest BCUT2D eigenvalue weighted by Gasteiger charge is 2.22. The number of carbonyl (C=O) groups is 1. The van der Waals surface area contributed by atoms with Gasteiger partial charge in [-0.15, -0.1) is 0 Å². The molecule has 0 aliphatic carbocycles. The van der Waals surface area contributed by atoms with Crippen LogP contribution in [0.2, 0.25) is 0 Å². The number of anilines is 1. The minimum Gasteiger partial charge on any atom is -0.494 e. The molecular weight excluding hydrogens is 463 g/mol. The van der Waals surface area contributed by atoms with Crippen LogP contribution in [-0.4, -0.2) is 46.1 Å². The number of carboxylic acid groups (broad SMARTS) is 1. The number of halogens is 1. The maximum Gasteiger partial charge on any atom is 0.305 e. The summed E-state index contributed by atoms with van der Waals surface area (Å²) in [6, 6.07) is 13.5. The van der Waals surface area contributed by atoms with E-state index < -0.39 is 17.8 Å². The second kappa shape index (κ2) is 10.2. The molecule has 1 atom stereocenters. The van der Waals surface area contributed by atoms with Crippen LogP contribution in [0.3, 0.4) is 0 Å². The van der Waals surface area contributed by atoms with Crippen LogP contribution in [0, 0.1) is 5.82 Å². The first-order valence-electron chi connectivity index (χ1n) is 11.9.